The molecule has 0 radical (unpaired) electrons. The topological polar surface area (TPSA) is 34.1 Å². The third-order valence-electron chi connectivity index (χ3n) is 2.50. The zero-order chi connectivity index (χ0) is 13.4. The number of nitrogens with zero attached hydrogens (tertiary/aromatic N) is 1. The zero-order valence-corrected chi connectivity index (χ0v) is 11.1. The van der Waals surface area contributed by atoms with Gasteiger partial charge >= 0.3 is 0 Å². The van der Waals surface area contributed by atoms with Crippen LogP contribution in [0.5, 0.6) is 5.75 Å². The van der Waals surface area contributed by atoms with E-state index in [0.29, 0.717) is 0 Å². The van der Waals surface area contributed by atoms with Gasteiger partial charge in [0.25, 0.3) is 0 Å². The van der Waals surface area contributed by atoms with E-state index in [1.165, 1.54) is 5.56 Å². The molecule has 0 aromatic carbocycles. The summed E-state index contributed by atoms with van der Waals surface area (Å²) in [5.74, 6) is 1.61. The molecule has 0 amide bonds. The molecule has 1 aliphatic rings. The summed E-state index contributed by atoms with van der Waals surface area (Å²) in [5.41, 5.74) is 2.28. The van der Waals surface area contributed by atoms with Crippen LogP contribution in [-0.4, -0.2) is 19.1 Å². The summed E-state index contributed by atoms with van der Waals surface area (Å²) in [7, 11) is 3.75. The van der Waals surface area contributed by atoms with E-state index >= 15 is 0 Å². The maximum absolute atomic E-state index is 5.74. The van der Waals surface area contributed by atoms with Gasteiger partial charge in [0.05, 0.1) is 6.20 Å². The quantitative estimate of drug-likeness (QED) is 0.868. The van der Waals surface area contributed by atoms with E-state index in [1.807, 2.05) is 26.2 Å². The Balaban J connectivity index is 0.000000492. The lowest BCUT2D eigenvalue weighted by Gasteiger charge is -2.07. The van der Waals surface area contributed by atoms with Crippen LogP contribution in [0.3, 0.4) is 0 Å². The molecule has 1 aliphatic heterocycles. The Morgan fingerprint density at radius 1 is 1.28 bits per heavy atom. The summed E-state index contributed by atoms with van der Waals surface area (Å²) >= 11 is 0. The van der Waals surface area contributed by atoms with Gasteiger partial charge in [0, 0.05) is 6.20 Å². The summed E-state index contributed by atoms with van der Waals surface area (Å²) in [4.78, 5) is 4.05. The molecule has 0 spiro atoms. The van der Waals surface area contributed by atoms with Crippen molar-refractivity contribution in [2.75, 3.05) is 14.1 Å². The molecule has 2 heterocycles. The largest absolute Gasteiger partial charge is 0.455 e. The van der Waals surface area contributed by atoms with Crippen molar-refractivity contribution in [1.82, 2.24) is 10.3 Å². The fourth-order valence-corrected chi connectivity index (χ4v) is 1.66. The highest BCUT2D eigenvalue weighted by Gasteiger charge is 2.13. The Bertz CT molecular complexity index is 450. The van der Waals surface area contributed by atoms with Crippen LogP contribution in [0.4, 0.5) is 0 Å². The van der Waals surface area contributed by atoms with Gasteiger partial charge in [0.1, 0.15) is 11.5 Å². The van der Waals surface area contributed by atoms with Crippen molar-refractivity contribution in [2.24, 2.45) is 0 Å². The fourth-order valence-electron chi connectivity index (χ4n) is 1.66. The van der Waals surface area contributed by atoms with Crippen molar-refractivity contribution in [3.05, 3.63) is 60.7 Å². The van der Waals surface area contributed by atoms with E-state index in [9.17, 15) is 0 Å². The third-order valence-corrected chi connectivity index (χ3v) is 2.50. The molecule has 0 saturated carbocycles. The first-order valence-corrected chi connectivity index (χ1v) is 5.94. The lowest BCUT2D eigenvalue weighted by Crippen LogP contribution is -1.94. The standard InChI is InChI=1S/C13H13NO.C2H7N/c1-3-10-5-6-11-7-8-14-9-13(11)15-12(10)4-2;1-3-2/h3-4,7-9H,1-2,5-6H2;3H,1-2H3. The monoisotopic (exact) mass is 244 g/mol. The SMILES string of the molecule is C=CC1=C(C=C)Oc2cnccc2CC1.CNC. The molecule has 96 valence electrons. The molecule has 3 heteroatoms. The molecule has 0 atom stereocenters. The van der Waals surface area contributed by atoms with Gasteiger partial charge in [-0.3, -0.25) is 4.98 Å². The van der Waals surface area contributed by atoms with Crippen molar-refractivity contribution >= 4 is 0 Å². The fraction of sp³-hybridized carbons (Fsp3) is 0.267. The van der Waals surface area contributed by atoms with Crippen LogP contribution in [0, 0.1) is 0 Å². The summed E-state index contributed by atoms with van der Waals surface area (Å²) in [5, 5.41) is 2.75. The van der Waals surface area contributed by atoms with Crippen LogP contribution in [0.25, 0.3) is 0 Å². The second kappa shape index (κ2) is 7.45. The van der Waals surface area contributed by atoms with Gasteiger partial charge in [-0.15, -0.1) is 0 Å². The predicted molar refractivity (Wildman–Crippen MR) is 75.6 cm³/mol. The molecule has 1 N–H and O–H groups in total. The van der Waals surface area contributed by atoms with Gasteiger partial charge in [0.2, 0.25) is 0 Å². The average Bonchev–Trinajstić information content (AvgIpc) is 2.58. The molecule has 0 unspecified atom stereocenters. The predicted octanol–water partition coefficient (Wildman–Crippen LogP) is 2.87. The normalized spacial score (nSPS) is 13.4. The smallest absolute Gasteiger partial charge is 0.148 e. The molecule has 0 bridgehead atoms. The molecule has 2 rings (SSSR count). The van der Waals surface area contributed by atoms with E-state index in [-0.39, 0.29) is 0 Å². The average molecular weight is 244 g/mol. The van der Waals surface area contributed by atoms with E-state index in [0.717, 1.165) is 29.9 Å². The maximum Gasteiger partial charge on any atom is 0.148 e. The summed E-state index contributed by atoms with van der Waals surface area (Å²) in [6.07, 6.45) is 8.97. The van der Waals surface area contributed by atoms with Crippen molar-refractivity contribution in [3.63, 3.8) is 0 Å². The molecule has 3 nitrogen and oxygen atoms in total. The molecule has 0 saturated heterocycles. The highest BCUT2D eigenvalue weighted by atomic mass is 16.5. The Labute approximate surface area is 109 Å². The number of nitrogens with one attached hydrogen (secondary N) is 1. The number of ether oxygens (including phenoxy) is 1. The summed E-state index contributed by atoms with van der Waals surface area (Å²) < 4.78 is 5.74. The van der Waals surface area contributed by atoms with Gasteiger partial charge < -0.3 is 10.1 Å². The Hall–Kier alpha value is -1.87. The lowest BCUT2D eigenvalue weighted by molar-refractivity contribution is 0.438. The number of fused-ring (bicyclic) bond motifs is 1. The summed E-state index contributed by atoms with van der Waals surface area (Å²) in [6.45, 7) is 7.53. The molecule has 0 aliphatic carbocycles. The Kier molecular flexibility index (Phi) is 5.88. The first-order chi connectivity index (χ1) is 8.76. The van der Waals surface area contributed by atoms with Crippen molar-refractivity contribution in [3.8, 4) is 5.75 Å². The van der Waals surface area contributed by atoms with Gasteiger partial charge in [0.15, 0.2) is 0 Å². The first kappa shape index (κ1) is 14.2. The van der Waals surface area contributed by atoms with Gasteiger partial charge in [-0.05, 0) is 50.2 Å². The van der Waals surface area contributed by atoms with Crippen molar-refractivity contribution in [1.29, 1.82) is 0 Å². The van der Waals surface area contributed by atoms with Crippen LogP contribution in [0.15, 0.2) is 55.1 Å². The van der Waals surface area contributed by atoms with Gasteiger partial charge in [-0.25, -0.2) is 0 Å². The van der Waals surface area contributed by atoms with Crippen LogP contribution in [-0.2, 0) is 6.42 Å². The highest BCUT2D eigenvalue weighted by molar-refractivity contribution is 5.39. The Morgan fingerprint density at radius 2 is 2.00 bits per heavy atom. The molecule has 1 aromatic heterocycles. The molecule has 0 fully saturated rings. The van der Waals surface area contributed by atoms with Crippen LogP contribution in [0.1, 0.15) is 12.0 Å². The van der Waals surface area contributed by atoms with Crippen molar-refractivity contribution < 1.29 is 4.74 Å². The number of aryl methyl sites for hydroxylation is 1. The van der Waals surface area contributed by atoms with E-state index in [1.54, 1.807) is 18.5 Å². The van der Waals surface area contributed by atoms with E-state index in [4.69, 9.17) is 4.74 Å². The highest BCUT2D eigenvalue weighted by Crippen LogP contribution is 2.28. The third kappa shape index (κ3) is 3.57. The molecular formula is C15H20N2O. The lowest BCUT2D eigenvalue weighted by atomic mass is 10.1. The Morgan fingerprint density at radius 3 is 2.61 bits per heavy atom. The molecule has 18 heavy (non-hydrogen) atoms. The number of hydrogen-bond acceptors (Lipinski definition) is 3. The van der Waals surface area contributed by atoms with Crippen LogP contribution >= 0.6 is 0 Å². The summed E-state index contributed by atoms with van der Waals surface area (Å²) in [6, 6.07) is 1.99. The number of rotatable bonds is 2. The van der Waals surface area contributed by atoms with Crippen LogP contribution < -0.4 is 10.1 Å². The first-order valence-electron chi connectivity index (χ1n) is 5.94. The minimum absolute atomic E-state index is 0.789. The number of aromatic nitrogens is 1. The number of pyridine rings is 1. The van der Waals surface area contributed by atoms with E-state index < -0.39 is 0 Å². The second-order valence-corrected chi connectivity index (χ2v) is 3.88. The van der Waals surface area contributed by atoms with Gasteiger partial charge in [-0.1, -0.05) is 19.2 Å². The van der Waals surface area contributed by atoms with Crippen molar-refractivity contribution in [2.45, 2.75) is 12.8 Å². The zero-order valence-electron chi connectivity index (χ0n) is 11.1. The minimum Gasteiger partial charge on any atom is -0.455 e. The molecule has 1 aromatic rings. The number of hydrogen-bond donors (Lipinski definition) is 1. The van der Waals surface area contributed by atoms with E-state index in [2.05, 4.69) is 23.5 Å². The maximum atomic E-state index is 5.74. The molecular weight excluding hydrogens is 224 g/mol. The van der Waals surface area contributed by atoms with Crippen LogP contribution in [0.2, 0.25) is 0 Å². The minimum atomic E-state index is 0.789. The number of allylic oxidation sites excluding steroid dienone is 3. The second-order valence-electron chi connectivity index (χ2n) is 3.88. The van der Waals surface area contributed by atoms with Gasteiger partial charge in [-0.2, -0.15) is 0 Å².